The zero-order valence-corrected chi connectivity index (χ0v) is 15.5. The van der Waals surface area contributed by atoms with Crippen LogP contribution in [-0.2, 0) is 5.75 Å². The fourth-order valence-electron chi connectivity index (χ4n) is 2.36. The number of hydrogen-bond acceptors (Lipinski definition) is 5. The number of aromatic nitrogens is 4. The zero-order chi connectivity index (χ0) is 17.6. The van der Waals surface area contributed by atoms with Gasteiger partial charge in [0.15, 0.2) is 0 Å². The molecule has 6 heteroatoms. The van der Waals surface area contributed by atoms with Crippen molar-refractivity contribution in [3.8, 4) is 10.6 Å². The second-order valence-electron chi connectivity index (χ2n) is 5.55. The van der Waals surface area contributed by atoms with E-state index in [-0.39, 0.29) is 0 Å². The fraction of sp³-hybridized carbons (Fsp3) is 0.0500. The van der Waals surface area contributed by atoms with Crippen LogP contribution >= 0.6 is 23.1 Å². The molecule has 0 radical (unpaired) electrons. The summed E-state index contributed by atoms with van der Waals surface area (Å²) in [6.45, 7) is 0. The van der Waals surface area contributed by atoms with Gasteiger partial charge in [-0.1, -0.05) is 78.5 Å². The quantitative estimate of drug-likeness (QED) is 0.458. The monoisotopic (exact) mass is 376 g/mol. The van der Waals surface area contributed by atoms with Crippen molar-refractivity contribution in [1.82, 2.24) is 20.2 Å². The second-order valence-corrected chi connectivity index (χ2v) is 7.35. The molecule has 0 fully saturated rings. The first kappa shape index (κ1) is 16.8. The summed E-state index contributed by atoms with van der Waals surface area (Å²) in [4.78, 5) is 9.19. The average molecular weight is 377 g/mol. The van der Waals surface area contributed by atoms with Gasteiger partial charge in [0, 0.05) is 16.7 Å². The molecule has 0 unspecified atom stereocenters. The zero-order valence-electron chi connectivity index (χ0n) is 13.9. The van der Waals surface area contributed by atoms with Crippen LogP contribution < -0.4 is 0 Å². The molecule has 1 N–H and O–H groups in total. The lowest BCUT2D eigenvalue weighted by Crippen LogP contribution is -1.83. The molecule has 0 bridgehead atoms. The minimum absolute atomic E-state index is 0.729. The standard InChI is InChI=1S/C20H16N4S2/c1-3-7-15(8-4-1)11-12-18-22-20(24-23-18)26-14-17-13-25-19(21-17)16-9-5-2-6-10-16/h1-13H,14H2,(H,22,23,24)/b12-11+. The van der Waals surface area contributed by atoms with Gasteiger partial charge < -0.3 is 0 Å². The van der Waals surface area contributed by atoms with E-state index in [0.29, 0.717) is 0 Å². The molecule has 0 saturated carbocycles. The molecule has 0 atom stereocenters. The first-order valence-electron chi connectivity index (χ1n) is 8.15. The van der Waals surface area contributed by atoms with Gasteiger partial charge in [0.2, 0.25) is 5.16 Å². The van der Waals surface area contributed by atoms with Crippen LogP contribution in [0.1, 0.15) is 17.1 Å². The molecule has 0 saturated heterocycles. The first-order valence-corrected chi connectivity index (χ1v) is 10.0. The highest BCUT2D eigenvalue weighted by Gasteiger charge is 2.07. The van der Waals surface area contributed by atoms with Gasteiger partial charge in [0.1, 0.15) is 10.8 Å². The molecule has 4 rings (SSSR count). The van der Waals surface area contributed by atoms with Crippen LogP contribution in [0.4, 0.5) is 0 Å². The molecule has 2 aromatic carbocycles. The maximum absolute atomic E-state index is 4.70. The Bertz CT molecular complexity index is 991. The predicted octanol–water partition coefficient (Wildman–Crippen LogP) is 5.39. The maximum Gasteiger partial charge on any atom is 0.209 e. The van der Waals surface area contributed by atoms with Crippen molar-refractivity contribution in [1.29, 1.82) is 0 Å². The summed E-state index contributed by atoms with van der Waals surface area (Å²) in [7, 11) is 0. The molecular formula is C20H16N4S2. The van der Waals surface area contributed by atoms with E-state index >= 15 is 0 Å². The molecule has 0 aliphatic rings. The molecule has 26 heavy (non-hydrogen) atoms. The number of benzene rings is 2. The smallest absolute Gasteiger partial charge is 0.209 e. The highest BCUT2D eigenvalue weighted by atomic mass is 32.2. The molecule has 0 aliphatic heterocycles. The SMILES string of the molecule is C(=C\c1nc(SCc2csc(-c3ccccc3)n2)n[nH]1)/c1ccccc1. The van der Waals surface area contributed by atoms with Gasteiger partial charge in [0.05, 0.1) is 5.69 Å². The summed E-state index contributed by atoms with van der Waals surface area (Å²) in [5.41, 5.74) is 3.33. The Labute approximate surface area is 160 Å². The van der Waals surface area contributed by atoms with Crippen molar-refractivity contribution in [3.05, 3.63) is 83.1 Å². The van der Waals surface area contributed by atoms with Crippen molar-refractivity contribution < 1.29 is 0 Å². The van der Waals surface area contributed by atoms with E-state index < -0.39 is 0 Å². The van der Waals surface area contributed by atoms with Gasteiger partial charge in [-0.25, -0.2) is 9.97 Å². The van der Waals surface area contributed by atoms with Crippen LogP contribution in [0.5, 0.6) is 0 Å². The fourth-order valence-corrected chi connectivity index (χ4v) is 3.99. The van der Waals surface area contributed by atoms with E-state index in [1.165, 1.54) is 0 Å². The third-order valence-corrected chi connectivity index (χ3v) is 5.46. The summed E-state index contributed by atoms with van der Waals surface area (Å²) in [5.74, 6) is 1.50. The average Bonchev–Trinajstić information content (AvgIpc) is 3.36. The molecule has 0 aliphatic carbocycles. The van der Waals surface area contributed by atoms with Gasteiger partial charge in [-0.2, -0.15) is 0 Å². The van der Waals surface area contributed by atoms with E-state index in [0.717, 1.165) is 38.6 Å². The van der Waals surface area contributed by atoms with E-state index in [2.05, 4.69) is 44.8 Å². The Morgan fingerprint density at radius 1 is 0.923 bits per heavy atom. The van der Waals surface area contributed by atoms with Crippen LogP contribution in [0.15, 0.2) is 71.2 Å². The van der Waals surface area contributed by atoms with E-state index in [9.17, 15) is 0 Å². The topological polar surface area (TPSA) is 54.5 Å². The lowest BCUT2D eigenvalue weighted by molar-refractivity contribution is 0.971. The van der Waals surface area contributed by atoms with Gasteiger partial charge in [-0.05, 0) is 11.6 Å². The van der Waals surface area contributed by atoms with Crippen molar-refractivity contribution in [2.24, 2.45) is 0 Å². The molecule has 4 nitrogen and oxygen atoms in total. The minimum atomic E-state index is 0.729. The second kappa shape index (κ2) is 8.12. The summed E-state index contributed by atoms with van der Waals surface area (Å²) < 4.78 is 0. The van der Waals surface area contributed by atoms with Crippen molar-refractivity contribution in [2.45, 2.75) is 10.9 Å². The summed E-state index contributed by atoms with van der Waals surface area (Å²) in [6.07, 6.45) is 3.95. The number of rotatable bonds is 6. The van der Waals surface area contributed by atoms with Crippen LogP contribution in [0.25, 0.3) is 22.7 Å². The Morgan fingerprint density at radius 3 is 2.50 bits per heavy atom. The molecule has 2 aromatic heterocycles. The van der Waals surface area contributed by atoms with E-state index in [4.69, 9.17) is 4.98 Å². The van der Waals surface area contributed by atoms with Crippen molar-refractivity contribution in [2.75, 3.05) is 0 Å². The lowest BCUT2D eigenvalue weighted by atomic mass is 10.2. The Hall–Kier alpha value is -2.70. The Balaban J connectivity index is 1.36. The van der Waals surface area contributed by atoms with Crippen LogP contribution in [0, 0.1) is 0 Å². The molecule has 2 heterocycles. The third kappa shape index (κ3) is 4.28. The molecule has 128 valence electrons. The number of H-pyrrole nitrogens is 1. The molecular weight excluding hydrogens is 360 g/mol. The molecule has 0 spiro atoms. The summed E-state index contributed by atoms with van der Waals surface area (Å²) >= 11 is 3.25. The number of thioether (sulfide) groups is 1. The van der Waals surface area contributed by atoms with E-state index in [1.807, 2.05) is 48.6 Å². The third-order valence-electron chi connectivity index (χ3n) is 3.64. The number of aromatic amines is 1. The molecule has 0 amide bonds. The van der Waals surface area contributed by atoms with Crippen LogP contribution in [0.2, 0.25) is 0 Å². The van der Waals surface area contributed by atoms with Crippen LogP contribution in [0.3, 0.4) is 0 Å². The van der Waals surface area contributed by atoms with Gasteiger partial charge in [-0.3, -0.25) is 5.10 Å². The van der Waals surface area contributed by atoms with E-state index in [1.54, 1.807) is 23.1 Å². The highest BCUT2D eigenvalue weighted by molar-refractivity contribution is 7.98. The minimum Gasteiger partial charge on any atom is -0.259 e. The summed E-state index contributed by atoms with van der Waals surface area (Å²) in [6, 6.07) is 20.4. The van der Waals surface area contributed by atoms with Gasteiger partial charge in [-0.15, -0.1) is 16.4 Å². The van der Waals surface area contributed by atoms with Gasteiger partial charge in [0.25, 0.3) is 0 Å². The Kier molecular flexibility index (Phi) is 5.23. The van der Waals surface area contributed by atoms with Crippen molar-refractivity contribution >= 4 is 35.3 Å². The number of hydrogen-bond donors (Lipinski definition) is 1. The van der Waals surface area contributed by atoms with Crippen molar-refractivity contribution in [3.63, 3.8) is 0 Å². The van der Waals surface area contributed by atoms with Gasteiger partial charge >= 0.3 is 0 Å². The largest absolute Gasteiger partial charge is 0.259 e. The first-order chi connectivity index (χ1) is 12.9. The predicted molar refractivity (Wildman–Crippen MR) is 109 cm³/mol. The summed E-state index contributed by atoms with van der Waals surface area (Å²) in [5, 5.41) is 11.1. The molecule has 4 aromatic rings. The number of nitrogens with zero attached hydrogens (tertiary/aromatic N) is 3. The lowest BCUT2D eigenvalue weighted by Gasteiger charge is -1.94. The van der Waals surface area contributed by atoms with Crippen LogP contribution in [-0.4, -0.2) is 20.2 Å². The highest BCUT2D eigenvalue weighted by Crippen LogP contribution is 2.26. The number of nitrogens with one attached hydrogen (secondary N) is 1. The maximum atomic E-state index is 4.70. The normalized spacial score (nSPS) is 11.2. The Morgan fingerprint density at radius 2 is 1.69 bits per heavy atom. The number of thiazole rings is 1.